The molecule has 104 valence electrons. The summed E-state index contributed by atoms with van der Waals surface area (Å²) >= 11 is 0. The second-order valence-electron chi connectivity index (χ2n) is 5.63. The van der Waals surface area contributed by atoms with Crippen LogP contribution in [0, 0.1) is 5.41 Å². The van der Waals surface area contributed by atoms with Gasteiger partial charge in [-0.15, -0.1) is 0 Å². The van der Waals surface area contributed by atoms with Gasteiger partial charge in [0.2, 0.25) is 0 Å². The number of aromatic carboxylic acids is 1. The lowest BCUT2D eigenvalue weighted by Crippen LogP contribution is -2.56. The highest BCUT2D eigenvalue weighted by Gasteiger charge is 2.39. The molecule has 2 rings (SSSR count). The topological polar surface area (TPSA) is 40.5 Å². The monoisotopic (exact) mass is 261 g/mol. The molecule has 3 heteroatoms. The number of benzene rings is 1. The lowest BCUT2D eigenvalue weighted by atomic mass is 9.75. The molecule has 1 aliphatic rings. The van der Waals surface area contributed by atoms with Crippen LogP contribution in [0.2, 0.25) is 0 Å². The summed E-state index contributed by atoms with van der Waals surface area (Å²) in [6, 6.07) is 7.32. The molecule has 0 spiro atoms. The second kappa shape index (κ2) is 5.74. The molecule has 1 aliphatic heterocycles. The van der Waals surface area contributed by atoms with Gasteiger partial charge in [0.25, 0.3) is 0 Å². The van der Waals surface area contributed by atoms with Crippen LogP contribution in [-0.2, 0) is 6.42 Å². The third kappa shape index (κ3) is 2.98. The van der Waals surface area contributed by atoms with Crippen LogP contribution in [0.25, 0.3) is 0 Å². The van der Waals surface area contributed by atoms with E-state index in [-0.39, 0.29) is 0 Å². The van der Waals surface area contributed by atoms with Gasteiger partial charge in [0.05, 0.1) is 5.56 Å². The largest absolute Gasteiger partial charge is 0.478 e. The molecular weight excluding hydrogens is 238 g/mol. The molecule has 3 nitrogen and oxygen atoms in total. The third-order valence-electron chi connectivity index (χ3n) is 4.56. The van der Waals surface area contributed by atoms with Crippen LogP contribution in [0.4, 0.5) is 0 Å². The van der Waals surface area contributed by atoms with E-state index in [1.54, 1.807) is 12.1 Å². The minimum absolute atomic E-state index is 0.445. The third-order valence-corrected chi connectivity index (χ3v) is 4.56. The normalized spacial score (nSPS) is 18.0. The van der Waals surface area contributed by atoms with E-state index in [9.17, 15) is 4.79 Å². The molecule has 0 aromatic heterocycles. The molecule has 0 radical (unpaired) electrons. The zero-order valence-corrected chi connectivity index (χ0v) is 11.9. The molecule has 0 saturated carbocycles. The maximum atomic E-state index is 11.1. The van der Waals surface area contributed by atoms with Gasteiger partial charge < -0.3 is 10.0 Å². The number of carboxylic acid groups (broad SMARTS) is 1. The van der Waals surface area contributed by atoms with E-state index in [2.05, 4.69) is 18.7 Å². The number of hydrogen-bond acceptors (Lipinski definition) is 2. The predicted molar refractivity (Wildman–Crippen MR) is 76.6 cm³/mol. The van der Waals surface area contributed by atoms with Crippen molar-refractivity contribution in [2.75, 3.05) is 19.6 Å². The van der Waals surface area contributed by atoms with Crippen molar-refractivity contribution >= 4 is 5.97 Å². The van der Waals surface area contributed by atoms with Crippen LogP contribution in [0.5, 0.6) is 0 Å². The fraction of sp³-hybridized carbons (Fsp3) is 0.562. The van der Waals surface area contributed by atoms with E-state index >= 15 is 0 Å². The second-order valence-corrected chi connectivity index (χ2v) is 5.63. The Morgan fingerprint density at radius 1 is 1.26 bits per heavy atom. The van der Waals surface area contributed by atoms with Crippen LogP contribution >= 0.6 is 0 Å². The van der Waals surface area contributed by atoms with Gasteiger partial charge >= 0.3 is 5.97 Å². The molecule has 1 aromatic carbocycles. The summed E-state index contributed by atoms with van der Waals surface area (Å²) in [5, 5.41) is 9.15. The van der Waals surface area contributed by atoms with Crippen molar-refractivity contribution in [1.82, 2.24) is 4.90 Å². The van der Waals surface area contributed by atoms with E-state index in [4.69, 9.17) is 5.11 Å². The standard InChI is InChI=1S/C16H23NO2/c1-3-16(4-2)11-17(12-16)10-9-13-7-5-6-8-14(13)15(18)19/h5-8H,3-4,9-12H2,1-2H3,(H,18,19). The van der Waals surface area contributed by atoms with Crippen LogP contribution in [0.3, 0.4) is 0 Å². The van der Waals surface area contributed by atoms with Gasteiger partial charge in [-0.2, -0.15) is 0 Å². The van der Waals surface area contributed by atoms with Crippen LogP contribution in [0.1, 0.15) is 42.6 Å². The summed E-state index contributed by atoms with van der Waals surface area (Å²) in [4.78, 5) is 13.6. The van der Waals surface area contributed by atoms with Gasteiger partial charge in [0, 0.05) is 19.6 Å². The molecule has 1 N–H and O–H groups in total. The van der Waals surface area contributed by atoms with E-state index in [1.807, 2.05) is 12.1 Å². The summed E-state index contributed by atoms with van der Waals surface area (Å²) in [7, 11) is 0. The van der Waals surface area contributed by atoms with Crippen molar-refractivity contribution in [3.05, 3.63) is 35.4 Å². The zero-order valence-electron chi connectivity index (χ0n) is 11.9. The number of carbonyl (C=O) groups is 1. The average molecular weight is 261 g/mol. The number of carboxylic acids is 1. The van der Waals surface area contributed by atoms with E-state index in [0.29, 0.717) is 11.0 Å². The molecule has 0 unspecified atom stereocenters. The van der Waals surface area contributed by atoms with Gasteiger partial charge in [-0.3, -0.25) is 0 Å². The van der Waals surface area contributed by atoms with Gasteiger partial charge in [-0.1, -0.05) is 32.0 Å². The van der Waals surface area contributed by atoms with E-state index in [0.717, 1.165) is 31.6 Å². The molecule has 1 saturated heterocycles. The molecule has 1 aromatic rings. The number of hydrogen-bond donors (Lipinski definition) is 1. The molecular formula is C16H23NO2. The Bertz CT molecular complexity index is 444. The molecule has 0 amide bonds. The minimum Gasteiger partial charge on any atom is -0.478 e. The molecule has 19 heavy (non-hydrogen) atoms. The van der Waals surface area contributed by atoms with Crippen LogP contribution in [-0.4, -0.2) is 35.6 Å². The first kappa shape index (κ1) is 14.1. The summed E-state index contributed by atoms with van der Waals surface area (Å²) in [6.07, 6.45) is 3.31. The number of likely N-dealkylation sites (tertiary alicyclic amines) is 1. The fourth-order valence-corrected chi connectivity index (χ4v) is 2.98. The molecule has 1 fully saturated rings. The highest BCUT2D eigenvalue weighted by atomic mass is 16.4. The first-order valence-corrected chi connectivity index (χ1v) is 7.14. The van der Waals surface area contributed by atoms with Gasteiger partial charge in [-0.05, 0) is 36.3 Å². The van der Waals surface area contributed by atoms with Gasteiger partial charge in [-0.25, -0.2) is 4.79 Å². The molecule has 0 atom stereocenters. The Hall–Kier alpha value is -1.35. The lowest BCUT2D eigenvalue weighted by molar-refractivity contribution is -0.00482. The van der Waals surface area contributed by atoms with Crippen LogP contribution in [0.15, 0.2) is 24.3 Å². The Morgan fingerprint density at radius 2 is 1.89 bits per heavy atom. The van der Waals surface area contributed by atoms with Crippen molar-refractivity contribution in [3.8, 4) is 0 Å². The maximum absolute atomic E-state index is 11.1. The number of nitrogens with zero attached hydrogens (tertiary/aromatic N) is 1. The van der Waals surface area contributed by atoms with Crippen molar-refractivity contribution in [2.24, 2.45) is 5.41 Å². The summed E-state index contributed by atoms with van der Waals surface area (Å²) in [5.41, 5.74) is 1.91. The smallest absolute Gasteiger partial charge is 0.335 e. The lowest BCUT2D eigenvalue weighted by Gasteiger charge is -2.50. The highest BCUT2D eigenvalue weighted by Crippen LogP contribution is 2.36. The fourth-order valence-electron chi connectivity index (χ4n) is 2.98. The summed E-state index contributed by atoms with van der Waals surface area (Å²) < 4.78 is 0. The summed E-state index contributed by atoms with van der Waals surface area (Å²) in [5.74, 6) is -0.823. The average Bonchev–Trinajstić information content (AvgIpc) is 2.38. The number of rotatable bonds is 6. The highest BCUT2D eigenvalue weighted by molar-refractivity contribution is 5.89. The molecule has 0 bridgehead atoms. The predicted octanol–water partition coefficient (Wildman–Crippen LogP) is 3.05. The Labute approximate surface area is 115 Å². The van der Waals surface area contributed by atoms with Crippen molar-refractivity contribution < 1.29 is 9.90 Å². The Morgan fingerprint density at radius 3 is 2.47 bits per heavy atom. The maximum Gasteiger partial charge on any atom is 0.335 e. The Balaban J connectivity index is 1.90. The van der Waals surface area contributed by atoms with Gasteiger partial charge in [0.15, 0.2) is 0 Å². The van der Waals surface area contributed by atoms with Crippen molar-refractivity contribution in [1.29, 1.82) is 0 Å². The van der Waals surface area contributed by atoms with E-state index < -0.39 is 5.97 Å². The van der Waals surface area contributed by atoms with Crippen molar-refractivity contribution in [3.63, 3.8) is 0 Å². The molecule has 0 aliphatic carbocycles. The minimum atomic E-state index is -0.823. The Kier molecular flexibility index (Phi) is 4.25. The quantitative estimate of drug-likeness (QED) is 0.855. The SMILES string of the molecule is CCC1(CC)CN(CCc2ccccc2C(=O)O)C1. The van der Waals surface area contributed by atoms with E-state index in [1.165, 1.54) is 12.8 Å². The first-order valence-electron chi connectivity index (χ1n) is 7.14. The zero-order chi connectivity index (χ0) is 13.9. The van der Waals surface area contributed by atoms with Crippen molar-refractivity contribution in [2.45, 2.75) is 33.1 Å². The summed E-state index contributed by atoms with van der Waals surface area (Å²) in [6.45, 7) is 7.82. The first-order chi connectivity index (χ1) is 9.10. The molecule has 1 heterocycles. The van der Waals surface area contributed by atoms with Gasteiger partial charge in [0.1, 0.15) is 0 Å². The van der Waals surface area contributed by atoms with Crippen LogP contribution < -0.4 is 0 Å².